The van der Waals surface area contributed by atoms with E-state index < -0.39 is 6.04 Å². The molecular formula is C14H20N2O2. The zero-order chi connectivity index (χ0) is 13.0. The average Bonchev–Trinajstić information content (AvgIpc) is 2.60. The molecule has 18 heavy (non-hydrogen) atoms. The Kier molecular flexibility index (Phi) is 4.20. The highest BCUT2D eigenvalue weighted by atomic mass is 16.5. The molecule has 0 saturated heterocycles. The van der Waals surface area contributed by atoms with Gasteiger partial charge in [-0.2, -0.15) is 0 Å². The minimum Gasteiger partial charge on any atom is -0.491 e. The normalized spacial score (nSPS) is 16.4. The molecule has 4 heteroatoms. The molecule has 1 aliphatic rings. The van der Waals surface area contributed by atoms with Crippen LogP contribution in [0.25, 0.3) is 0 Å². The lowest BCUT2D eigenvalue weighted by atomic mass is 10.1. The number of nitrogens with two attached hydrogens (primary N) is 1. The van der Waals surface area contributed by atoms with E-state index in [1.54, 1.807) is 4.90 Å². The second kappa shape index (κ2) is 5.87. The molecule has 0 aliphatic carbocycles. The van der Waals surface area contributed by atoms with Crippen molar-refractivity contribution in [1.82, 2.24) is 0 Å². The molecule has 1 heterocycles. The smallest absolute Gasteiger partial charge is 0.244 e. The quantitative estimate of drug-likeness (QED) is 0.889. The van der Waals surface area contributed by atoms with E-state index in [9.17, 15) is 4.79 Å². The maximum Gasteiger partial charge on any atom is 0.244 e. The summed E-state index contributed by atoms with van der Waals surface area (Å²) in [4.78, 5) is 14.1. The van der Waals surface area contributed by atoms with Gasteiger partial charge in [0.2, 0.25) is 5.91 Å². The Morgan fingerprint density at radius 3 is 3.06 bits per heavy atom. The zero-order valence-electron chi connectivity index (χ0n) is 10.8. The molecule has 2 N–H and O–H groups in total. The highest BCUT2D eigenvalue weighted by Crippen LogP contribution is 2.30. The third-order valence-corrected chi connectivity index (χ3v) is 3.12. The molecule has 0 saturated carbocycles. The summed E-state index contributed by atoms with van der Waals surface area (Å²) in [7, 11) is 0. The number of hydrogen-bond acceptors (Lipinski definition) is 3. The highest BCUT2D eigenvalue weighted by Gasteiger charge is 2.25. The van der Waals surface area contributed by atoms with Gasteiger partial charge in [-0.05, 0) is 25.0 Å². The van der Waals surface area contributed by atoms with Crippen LogP contribution in [-0.2, 0) is 4.79 Å². The van der Waals surface area contributed by atoms with E-state index in [0.29, 0.717) is 13.2 Å². The molecule has 1 aromatic carbocycles. The molecule has 1 atom stereocenters. The third-order valence-electron chi connectivity index (χ3n) is 3.12. The van der Waals surface area contributed by atoms with E-state index >= 15 is 0 Å². The number of fused-ring (bicyclic) bond motifs is 1. The van der Waals surface area contributed by atoms with Crippen LogP contribution in [0.4, 0.5) is 5.69 Å². The molecule has 1 amide bonds. The Morgan fingerprint density at radius 2 is 2.28 bits per heavy atom. The van der Waals surface area contributed by atoms with Gasteiger partial charge in [0.1, 0.15) is 5.75 Å². The van der Waals surface area contributed by atoms with Crippen LogP contribution in [0.3, 0.4) is 0 Å². The lowest BCUT2D eigenvalue weighted by Gasteiger charge is -2.24. The van der Waals surface area contributed by atoms with Crippen LogP contribution >= 0.6 is 0 Å². The molecular weight excluding hydrogens is 228 g/mol. The third kappa shape index (κ3) is 2.64. The summed E-state index contributed by atoms with van der Waals surface area (Å²) < 4.78 is 5.63. The number of para-hydroxylation sites is 2. The fourth-order valence-corrected chi connectivity index (χ4v) is 2.19. The van der Waals surface area contributed by atoms with Gasteiger partial charge in [-0.1, -0.05) is 25.5 Å². The molecule has 0 unspecified atom stereocenters. The maximum absolute atomic E-state index is 12.3. The van der Waals surface area contributed by atoms with E-state index in [0.717, 1.165) is 30.7 Å². The summed E-state index contributed by atoms with van der Waals surface area (Å²) in [6.07, 6.45) is 2.47. The van der Waals surface area contributed by atoms with Crippen molar-refractivity contribution in [3.63, 3.8) is 0 Å². The average molecular weight is 248 g/mol. The zero-order valence-corrected chi connectivity index (χ0v) is 10.8. The second-order valence-electron chi connectivity index (χ2n) is 4.55. The first-order valence-corrected chi connectivity index (χ1v) is 6.53. The Hall–Kier alpha value is -1.55. The maximum atomic E-state index is 12.3. The molecule has 4 nitrogen and oxygen atoms in total. The van der Waals surface area contributed by atoms with Gasteiger partial charge in [-0.15, -0.1) is 0 Å². The van der Waals surface area contributed by atoms with Crippen molar-refractivity contribution in [2.75, 3.05) is 18.1 Å². The molecule has 1 aliphatic heterocycles. The first kappa shape index (κ1) is 12.9. The van der Waals surface area contributed by atoms with Crippen molar-refractivity contribution < 1.29 is 9.53 Å². The summed E-state index contributed by atoms with van der Waals surface area (Å²) in [6.45, 7) is 3.35. The number of hydrogen-bond donors (Lipinski definition) is 1. The van der Waals surface area contributed by atoms with E-state index in [1.165, 1.54) is 0 Å². The summed E-state index contributed by atoms with van der Waals surface area (Å²) in [5.41, 5.74) is 6.77. The van der Waals surface area contributed by atoms with Gasteiger partial charge in [0.25, 0.3) is 0 Å². The standard InChI is InChI=1S/C14H20N2O2/c1-2-6-11(15)14(17)16-9-5-10-18-13-8-4-3-7-12(13)16/h3-4,7-8,11H,2,5-6,9-10,15H2,1H3/t11-/m0/s1. The van der Waals surface area contributed by atoms with Gasteiger partial charge in [0, 0.05) is 6.54 Å². The Morgan fingerprint density at radius 1 is 1.50 bits per heavy atom. The van der Waals surface area contributed by atoms with Crippen molar-refractivity contribution >= 4 is 11.6 Å². The predicted molar refractivity (Wildman–Crippen MR) is 71.8 cm³/mol. The number of carbonyl (C=O) groups is 1. The van der Waals surface area contributed by atoms with Crippen LogP contribution in [0, 0.1) is 0 Å². The van der Waals surface area contributed by atoms with Gasteiger partial charge in [0.15, 0.2) is 0 Å². The number of ether oxygens (including phenoxy) is 1. The number of rotatable bonds is 3. The van der Waals surface area contributed by atoms with E-state index in [4.69, 9.17) is 10.5 Å². The van der Waals surface area contributed by atoms with Gasteiger partial charge in [-0.25, -0.2) is 0 Å². The first-order chi connectivity index (χ1) is 8.74. The van der Waals surface area contributed by atoms with Gasteiger partial charge in [0.05, 0.1) is 18.3 Å². The second-order valence-corrected chi connectivity index (χ2v) is 4.55. The van der Waals surface area contributed by atoms with Gasteiger partial charge >= 0.3 is 0 Å². The number of amides is 1. The van der Waals surface area contributed by atoms with E-state index in [2.05, 4.69) is 0 Å². The number of nitrogens with zero attached hydrogens (tertiary/aromatic N) is 1. The molecule has 1 aromatic rings. The lowest BCUT2D eigenvalue weighted by Crippen LogP contribution is -2.44. The molecule has 0 bridgehead atoms. The fourth-order valence-electron chi connectivity index (χ4n) is 2.19. The molecule has 0 spiro atoms. The summed E-state index contributed by atoms with van der Waals surface area (Å²) >= 11 is 0. The molecule has 0 fully saturated rings. The fraction of sp³-hybridized carbons (Fsp3) is 0.500. The Labute approximate surface area is 108 Å². The Bertz CT molecular complexity index is 420. The molecule has 0 radical (unpaired) electrons. The van der Waals surface area contributed by atoms with Crippen molar-refractivity contribution in [2.45, 2.75) is 32.2 Å². The summed E-state index contributed by atoms with van der Waals surface area (Å²) in [5.74, 6) is 0.766. The topological polar surface area (TPSA) is 55.6 Å². The van der Waals surface area contributed by atoms with Crippen LogP contribution in [0.2, 0.25) is 0 Å². The Balaban J connectivity index is 2.24. The van der Waals surface area contributed by atoms with Crippen molar-refractivity contribution in [3.05, 3.63) is 24.3 Å². The lowest BCUT2D eigenvalue weighted by molar-refractivity contribution is -0.120. The van der Waals surface area contributed by atoms with Gasteiger partial charge in [-0.3, -0.25) is 4.79 Å². The minimum absolute atomic E-state index is 0.00481. The first-order valence-electron chi connectivity index (χ1n) is 6.53. The van der Waals surface area contributed by atoms with E-state index in [1.807, 2.05) is 31.2 Å². The van der Waals surface area contributed by atoms with Crippen molar-refractivity contribution in [3.8, 4) is 5.75 Å². The van der Waals surface area contributed by atoms with Crippen LogP contribution in [-0.4, -0.2) is 25.1 Å². The van der Waals surface area contributed by atoms with Crippen molar-refractivity contribution in [1.29, 1.82) is 0 Å². The summed E-state index contributed by atoms with van der Waals surface area (Å²) in [6, 6.07) is 7.22. The van der Waals surface area contributed by atoms with Crippen LogP contribution in [0.15, 0.2) is 24.3 Å². The minimum atomic E-state index is -0.416. The van der Waals surface area contributed by atoms with Gasteiger partial charge < -0.3 is 15.4 Å². The van der Waals surface area contributed by atoms with Crippen LogP contribution in [0.5, 0.6) is 5.75 Å². The molecule has 0 aromatic heterocycles. The largest absolute Gasteiger partial charge is 0.491 e. The highest BCUT2D eigenvalue weighted by molar-refractivity contribution is 5.98. The number of benzene rings is 1. The summed E-state index contributed by atoms with van der Waals surface area (Å²) in [5, 5.41) is 0. The predicted octanol–water partition coefficient (Wildman–Crippen LogP) is 1.93. The van der Waals surface area contributed by atoms with Crippen LogP contribution in [0.1, 0.15) is 26.2 Å². The monoisotopic (exact) mass is 248 g/mol. The van der Waals surface area contributed by atoms with Crippen LogP contribution < -0.4 is 15.4 Å². The molecule has 2 rings (SSSR count). The number of anilines is 1. The molecule has 98 valence electrons. The van der Waals surface area contributed by atoms with Crippen molar-refractivity contribution in [2.24, 2.45) is 5.73 Å². The number of carbonyl (C=O) groups excluding carboxylic acids is 1. The van der Waals surface area contributed by atoms with E-state index in [-0.39, 0.29) is 5.91 Å². The SMILES string of the molecule is CCC[C@H](N)C(=O)N1CCCOc2ccccc21.